The number of piperazine rings is 1. The average Bonchev–Trinajstić information content (AvgIpc) is 2.29. The van der Waals surface area contributed by atoms with Crippen LogP contribution in [-0.2, 0) is 0 Å². The van der Waals surface area contributed by atoms with Gasteiger partial charge in [0.05, 0.1) is 0 Å². The average molecular weight is 269 g/mol. The van der Waals surface area contributed by atoms with Gasteiger partial charge in [-0.1, -0.05) is 28.9 Å². The number of benzene rings is 1. The van der Waals surface area contributed by atoms with E-state index in [1.807, 2.05) is 0 Å². The number of anilines is 1. The molecule has 1 aromatic carbocycles. The van der Waals surface area contributed by atoms with Crippen LogP contribution in [0.15, 0.2) is 28.7 Å². The predicted octanol–water partition coefficient (Wildman–Crippen LogP) is 2.64. The molecule has 0 radical (unpaired) electrons. The van der Waals surface area contributed by atoms with Crippen molar-refractivity contribution in [3.63, 3.8) is 0 Å². The van der Waals surface area contributed by atoms with E-state index in [1.165, 1.54) is 12.1 Å². The second kappa shape index (κ2) is 4.99. The zero-order valence-electron chi connectivity index (χ0n) is 9.04. The third kappa shape index (κ3) is 2.73. The van der Waals surface area contributed by atoms with Crippen molar-refractivity contribution in [2.24, 2.45) is 0 Å². The first-order valence-corrected chi connectivity index (χ1v) is 6.33. The Balaban J connectivity index is 2.09. The molecular formula is C12H17BrN2. The molecule has 2 nitrogen and oxygen atoms in total. The van der Waals surface area contributed by atoms with E-state index in [9.17, 15) is 0 Å². The van der Waals surface area contributed by atoms with Gasteiger partial charge in [0.2, 0.25) is 0 Å². The molecule has 1 atom stereocenters. The Morgan fingerprint density at radius 2 is 2.40 bits per heavy atom. The molecule has 0 amide bonds. The molecule has 0 saturated carbocycles. The minimum Gasteiger partial charge on any atom is -0.369 e. The lowest BCUT2D eigenvalue weighted by molar-refractivity contribution is 0.447. The molecule has 1 aromatic rings. The third-order valence-electron chi connectivity index (χ3n) is 2.92. The van der Waals surface area contributed by atoms with E-state index in [1.54, 1.807) is 0 Å². The van der Waals surface area contributed by atoms with Gasteiger partial charge in [-0.25, -0.2) is 0 Å². The normalized spacial score (nSPS) is 21.7. The number of hydrogen-bond donors (Lipinski definition) is 1. The van der Waals surface area contributed by atoms with Crippen LogP contribution in [0.4, 0.5) is 5.69 Å². The molecule has 1 N–H and O–H groups in total. The van der Waals surface area contributed by atoms with Crippen LogP contribution in [0.1, 0.15) is 13.3 Å². The molecule has 1 saturated heterocycles. The van der Waals surface area contributed by atoms with Crippen molar-refractivity contribution in [2.45, 2.75) is 19.4 Å². The number of nitrogens with one attached hydrogen (secondary N) is 1. The molecule has 15 heavy (non-hydrogen) atoms. The highest BCUT2D eigenvalue weighted by atomic mass is 79.9. The summed E-state index contributed by atoms with van der Waals surface area (Å²) in [5.41, 5.74) is 1.32. The van der Waals surface area contributed by atoms with Gasteiger partial charge in [-0.05, 0) is 24.6 Å². The zero-order chi connectivity index (χ0) is 10.7. The fourth-order valence-corrected chi connectivity index (χ4v) is 2.39. The Morgan fingerprint density at radius 1 is 1.53 bits per heavy atom. The standard InChI is InChI=1S/C12H17BrN2/c1-2-11-9-15(7-6-14-11)12-5-3-4-10(13)8-12/h3-5,8,11,14H,2,6-7,9H2,1H3. The summed E-state index contributed by atoms with van der Waals surface area (Å²) < 4.78 is 1.16. The summed E-state index contributed by atoms with van der Waals surface area (Å²) in [5.74, 6) is 0. The van der Waals surface area contributed by atoms with E-state index in [-0.39, 0.29) is 0 Å². The van der Waals surface area contributed by atoms with Crippen molar-refractivity contribution in [3.05, 3.63) is 28.7 Å². The van der Waals surface area contributed by atoms with Crippen LogP contribution in [0.3, 0.4) is 0 Å². The summed E-state index contributed by atoms with van der Waals surface area (Å²) in [7, 11) is 0. The summed E-state index contributed by atoms with van der Waals surface area (Å²) in [4.78, 5) is 2.45. The number of rotatable bonds is 2. The number of nitrogens with zero attached hydrogens (tertiary/aromatic N) is 1. The van der Waals surface area contributed by atoms with Crippen molar-refractivity contribution in [1.82, 2.24) is 5.32 Å². The Hall–Kier alpha value is -0.540. The monoisotopic (exact) mass is 268 g/mol. The summed E-state index contributed by atoms with van der Waals surface area (Å²) in [6, 6.07) is 9.18. The molecular weight excluding hydrogens is 252 g/mol. The first-order chi connectivity index (χ1) is 7.29. The molecule has 1 heterocycles. The van der Waals surface area contributed by atoms with E-state index in [2.05, 4.69) is 57.3 Å². The smallest absolute Gasteiger partial charge is 0.0378 e. The largest absolute Gasteiger partial charge is 0.369 e. The molecule has 0 bridgehead atoms. The second-order valence-electron chi connectivity index (χ2n) is 3.99. The van der Waals surface area contributed by atoms with E-state index in [0.29, 0.717) is 6.04 Å². The third-order valence-corrected chi connectivity index (χ3v) is 3.41. The summed E-state index contributed by atoms with van der Waals surface area (Å²) >= 11 is 3.52. The lowest BCUT2D eigenvalue weighted by Crippen LogP contribution is -2.50. The lowest BCUT2D eigenvalue weighted by Gasteiger charge is -2.35. The van der Waals surface area contributed by atoms with Gasteiger partial charge in [-0.3, -0.25) is 0 Å². The molecule has 2 rings (SSSR count). The van der Waals surface area contributed by atoms with E-state index in [0.717, 1.165) is 24.1 Å². The summed E-state index contributed by atoms with van der Waals surface area (Å²) in [5, 5.41) is 3.53. The van der Waals surface area contributed by atoms with Gasteiger partial charge in [0.1, 0.15) is 0 Å². The van der Waals surface area contributed by atoms with Gasteiger partial charge >= 0.3 is 0 Å². The van der Waals surface area contributed by atoms with E-state index >= 15 is 0 Å². The summed E-state index contributed by atoms with van der Waals surface area (Å²) in [6.45, 7) is 5.55. The van der Waals surface area contributed by atoms with Crippen LogP contribution in [0.5, 0.6) is 0 Å². The molecule has 1 aliphatic rings. The molecule has 1 unspecified atom stereocenters. The van der Waals surface area contributed by atoms with E-state index < -0.39 is 0 Å². The minimum atomic E-state index is 0.637. The maximum absolute atomic E-state index is 3.53. The van der Waals surface area contributed by atoms with Crippen LogP contribution in [0, 0.1) is 0 Å². The van der Waals surface area contributed by atoms with Crippen LogP contribution in [-0.4, -0.2) is 25.7 Å². The lowest BCUT2D eigenvalue weighted by atomic mass is 10.1. The predicted molar refractivity (Wildman–Crippen MR) is 68.4 cm³/mol. The van der Waals surface area contributed by atoms with Crippen molar-refractivity contribution in [3.8, 4) is 0 Å². The molecule has 1 fully saturated rings. The SMILES string of the molecule is CCC1CN(c2cccc(Br)c2)CCN1. The quantitative estimate of drug-likeness (QED) is 0.888. The van der Waals surface area contributed by atoms with Crippen molar-refractivity contribution < 1.29 is 0 Å². The van der Waals surface area contributed by atoms with Gasteiger partial charge in [0, 0.05) is 35.8 Å². The van der Waals surface area contributed by atoms with Gasteiger partial charge in [0.15, 0.2) is 0 Å². The molecule has 1 aliphatic heterocycles. The molecule has 3 heteroatoms. The zero-order valence-corrected chi connectivity index (χ0v) is 10.6. The topological polar surface area (TPSA) is 15.3 Å². The highest BCUT2D eigenvalue weighted by Crippen LogP contribution is 2.21. The Labute approximate surface area is 99.8 Å². The van der Waals surface area contributed by atoms with E-state index in [4.69, 9.17) is 0 Å². The van der Waals surface area contributed by atoms with Gasteiger partial charge in [0.25, 0.3) is 0 Å². The number of halogens is 1. The molecule has 0 aromatic heterocycles. The second-order valence-corrected chi connectivity index (χ2v) is 4.90. The molecule has 82 valence electrons. The van der Waals surface area contributed by atoms with Crippen molar-refractivity contribution >= 4 is 21.6 Å². The maximum atomic E-state index is 3.53. The highest BCUT2D eigenvalue weighted by molar-refractivity contribution is 9.10. The van der Waals surface area contributed by atoms with Crippen molar-refractivity contribution in [2.75, 3.05) is 24.5 Å². The molecule has 0 aliphatic carbocycles. The van der Waals surface area contributed by atoms with Crippen LogP contribution in [0.25, 0.3) is 0 Å². The number of hydrogen-bond acceptors (Lipinski definition) is 2. The first-order valence-electron chi connectivity index (χ1n) is 5.53. The van der Waals surface area contributed by atoms with Gasteiger partial charge in [-0.2, -0.15) is 0 Å². The fourth-order valence-electron chi connectivity index (χ4n) is 2.01. The maximum Gasteiger partial charge on any atom is 0.0378 e. The summed E-state index contributed by atoms with van der Waals surface area (Å²) in [6.07, 6.45) is 1.20. The Kier molecular flexibility index (Phi) is 3.65. The van der Waals surface area contributed by atoms with Crippen LogP contribution >= 0.6 is 15.9 Å². The Morgan fingerprint density at radius 3 is 3.13 bits per heavy atom. The molecule has 0 spiro atoms. The van der Waals surface area contributed by atoms with Crippen LogP contribution in [0.2, 0.25) is 0 Å². The fraction of sp³-hybridized carbons (Fsp3) is 0.500. The highest BCUT2D eigenvalue weighted by Gasteiger charge is 2.17. The van der Waals surface area contributed by atoms with Gasteiger partial charge in [-0.15, -0.1) is 0 Å². The van der Waals surface area contributed by atoms with Crippen LogP contribution < -0.4 is 10.2 Å². The Bertz CT molecular complexity index is 327. The minimum absolute atomic E-state index is 0.637. The first kappa shape index (κ1) is 11.0. The van der Waals surface area contributed by atoms with Gasteiger partial charge < -0.3 is 10.2 Å². The van der Waals surface area contributed by atoms with Crippen molar-refractivity contribution in [1.29, 1.82) is 0 Å².